The molecular weight excluding hydrogens is 304 g/mol. The summed E-state index contributed by atoms with van der Waals surface area (Å²) in [5.74, 6) is -0.269. The number of carbonyl (C=O) groups excluding carboxylic acids is 2. The van der Waals surface area contributed by atoms with Gasteiger partial charge in [-0.1, -0.05) is 30.3 Å². The van der Waals surface area contributed by atoms with E-state index in [0.29, 0.717) is 12.6 Å². The molecule has 1 aliphatic heterocycles. The van der Waals surface area contributed by atoms with Crippen LogP contribution in [0.5, 0.6) is 0 Å². The number of halogens is 1. The van der Waals surface area contributed by atoms with E-state index in [1.165, 1.54) is 0 Å². The van der Waals surface area contributed by atoms with Gasteiger partial charge >= 0.3 is 6.03 Å². The van der Waals surface area contributed by atoms with Crippen LogP contribution in [0.1, 0.15) is 12.5 Å². The molecule has 3 amide bonds. The molecule has 7 heteroatoms. The number of hydrogen-bond donors (Lipinski definition) is 3. The minimum atomic E-state index is -0.452. The van der Waals surface area contributed by atoms with E-state index in [4.69, 9.17) is 0 Å². The minimum absolute atomic E-state index is 0. The van der Waals surface area contributed by atoms with Gasteiger partial charge in [0.25, 0.3) is 0 Å². The van der Waals surface area contributed by atoms with Crippen molar-refractivity contribution in [3.05, 3.63) is 35.9 Å². The summed E-state index contributed by atoms with van der Waals surface area (Å²) in [4.78, 5) is 25.6. The summed E-state index contributed by atoms with van der Waals surface area (Å²) < 4.78 is 0. The second-order valence-electron chi connectivity index (χ2n) is 5.24. The molecule has 0 spiro atoms. The fraction of sp³-hybridized carbons (Fsp3) is 0.467. The van der Waals surface area contributed by atoms with Gasteiger partial charge in [0.1, 0.15) is 0 Å². The fourth-order valence-electron chi connectivity index (χ4n) is 2.29. The quantitative estimate of drug-likeness (QED) is 0.762. The summed E-state index contributed by atoms with van der Waals surface area (Å²) in [6.45, 7) is 5.28. The van der Waals surface area contributed by atoms with E-state index in [1.54, 1.807) is 0 Å². The molecule has 0 aliphatic carbocycles. The first kappa shape index (κ1) is 18.4. The van der Waals surface area contributed by atoms with E-state index in [1.807, 2.05) is 30.3 Å². The Balaban J connectivity index is 0.00000242. The van der Waals surface area contributed by atoms with Gasteiger partial charge in [0.15, 0.2) is 0 Å². The van der Waals surface area contributed by atoms with Crippen molar-refractivity contribution in [2.24, 2.45) is 0 Å². The number of urea groups is 1. The molecule has 22 heavy (non-hydrogen) atoms. The predicted molar refractivity (Wildman–Crippen MR) is 88.0 cm³/mol. The van der Waals surface area contributed by atoms with Gasteiger partial charge in [0, 0.05) is 32.2 Å². The lowest BCUT2D eigenvalue weighted by molar-refractivity contribution is -0.121. The van der Waals surface area contributed by atoms with Gasteiger partial charge < -0.3 is 10.6 Å². The van der Waals surface area contributed by atoms with E-state index in [0.717, 1.165) is 25.2 Å². The lowest BCUT2D eigenvalue weighted by Gasteiger charge is -2.33. The third kappa shape index (κ3) is 6.01. The SMILES string of the molecule is C[C@@H]1CNCCN1CC(=O)NC(=O)NCc1ccccc1.Cl. The monoisotopic (exact) mass is 326 g/mol. The van der Waals surface area contributed by atoms with E-state index in [-0.39, 0.29) is 24.9 Å². The van der Waals surface area contributed by atoms with Gasteiger partial charge in [0.2, 0.25) is 5.91 Å². The van der Waals surface area contributed by atoms with Crippen LogP contribution < -0.4 is 16.0 Å². The lowest BCUT2D eigenvalue weighted by atomic mass is 10.2. The van der Waals surface area contributed by atoms with E-state index in [9.17, 15) is 9.59 Å². The fourth-order valence-corrected chi connectivity index (χ4v) is 2.29. The zero-order valence-corrected chi connectivity index (χ0v) is 13.5. The summed E-state index contributed by atoms with van der Waals surface area (Å²) in [5.41, 5.74) is 0.996. The van der Waals surface area contributed by atoms with Gasteiger partial charge in [-0.05, 0) is 12.5 Å². The van der Waals surface area contributed by atoms with Crippen molar-refractivity contribution in [2.75, 3.05) is 26.2 Å². The molecule has 0 unspecified atom stereocenters. The molecule has 1 aliphatic rings. The highest BCUT2D eigenvalue weighted by atomic mass is 35.5. The zero-order chi connectivity index (χ0) is 15.1. The predicted octanol–water partition coefficient (Wildman–Crippen LogP) is 0.728. The van der Waals surface area contributed by atoms with Crippen LogP contribution in [-0.4, -0.2) is 49.1 Å². The van der Waals surface area contributed by atoms with Gasteiger partial charge in [-0.15, -0.1) is 12.4 Å². The largest absolute Gasteiger partial charge is 0.334 e. The Kier molecular flexibility index (Phi) is 7.87. The molecule has 1 heterocycles. The van der Waals surface area contributed by atoms with Crippen molar-refractivity contribution in [1.82, 2.24) is 20.9 Å². The molecular formula is C15H23ClN4O2. The third-order valence-electron chi connectivity index (χ3n) is 3.53. The summed E-state index contributed by atoms with van der Waals surface area (Å²) in [5, 5.41) is 8.31. The number of nitrogens with one attached hydrogen (secondary N) is 3. The Morgan fingerprint density at radius 2 is 2.05 bits per heavy atom. The minimum Gasteiger partial charge on any atom is -0.334 e. The number of amides is 3. The molecule has 1 aromatic rings. The number of imide groups is 1. The Bertz CT molecular complexity index is 484. The summed E-state index contributed by atoms with van der Waals surface area (Å²) >= 11 is 0. The molecule has 3 N–H and O–H groups in total. The summed E-state index contributed by atoms with van der Waals surface area (Å²) in [6, 6.07) is 9.43. The maximum atomic E-state index is 11.8. The van der Waals surface area contributed by atoms with Crippen LogP contribution in [0.4, 0.5) is 4.79 Å². The summed E-state index contributed by atoms with van der Waals surface area (Å²) in [6.07, 6.45) is 0. The zero-order valence-electron chi connectivity index (χ0n) is 12.7. The van der Waals surface area contributed by atoms with Gasteiger partial charge in [-0.3, -0.25) is 15.0 Å². The lowest BCUT2D eigenvalue weighted by Crippen LogP contribution is -2.53. The van der Waals surface area contributed by atoms with Gasteiger partial charge in [0.05, 0.1) is 6.54 Å². The summed E-state index contributed by atoms with van der Waals surface area (Å²) in [7, 11) is 0. The number of benzene rings is 1. The van der Waals surface area contributed by atoms with E-state index >= 15 is 0 Å². The van der Waals surface area contributed by atoms with Crippen LogP contribution in [-0.2, 0) is 11.3 Å². The maximum absolute atomic E-state index is 11.8. The third-order valence-corrected chi connectivity index (χ3v) is 3.53. The Morgan fingerprint density at radius 3 is 2.73 bits per heavy atom. The second-order valence-corrected chi connectivity index (χ2v) is 5.24. The average molecular weight is 327 g/mol. The first-order valence-electron chi connectivity index (χ1n) is 7.21. The van der Waals surface area contributed by atoms with Crippen LogP contribution in [0.25, 0.3) is 0 Å². The highest BCUT2D eigenvalue weighted by molar-refractivity contribution is 5.95. The Hall–Kier alpha value is -1.63. The highest BCUT2D eigenvalue weighted by Crippen LogP contribution is 2.01. The van der Waals surface area contributed by atoms with Crippen LogP contribution in [0, 0.1) is 0 Å². The van der Waals surface area contributed by atoms with E-state index in [2.05, 4.69) is 27.8 Å². The molecule has 1 atom stereocenters. The molecule has 1 saturated heterocycles. The normalized spacial score (nSPS) is 18.1. The first-order valence-corrected chi connectivity index (χ1v) is 7.21. The number of nitrogens with zero attached hydrogens (tertiary/aromatic N) is 1. The standard InChI is InChI=1S/C15H22N4O2.ClH/c1-12-9-16-7-8-19(12)11-14(20)18-15(21)17-10-13-5-3-2-4-6-13;/h2-6,12,16H,7-11H2,1H3,(H2,17,18,20,21);1H/t12-;/m1./s1. The molecule has 0 radical (unpaired) electrons. The van der Waals surface area contributed by atoms with Crippen molar-refractivity contribution in [1.29, 1.82) is 0 Å². The smallest absolute Gasteiger partial charge is 0.321 e. The maximum Gasteiger partial charge on any atom is 0.321 e. The molecule has 0 bridgehead atoms. The van der Waals surface area contributed by atoms with Crippen molar-refractivity contribution >= 4 is 24.3 Å². The van der Waals surface area contributed by atoms with Crippen LogP contribution in [0.3, 0.4) is 0 Å². The first-order chi connectivity index (χ1) is 10.1. The molecule has 0 aromatic heterocycles. The van der Waals surface area contributed by atoms with Crippen molar-refractivity contribution in [3.8, 4) is 0 Å². The number of carbonyl (C=O) groups is 2. The number of piperazine rings is 1. The van der Waals surface area contributed by atoms with Gasteiger partial charge in [-0.25, -0.2) is 4.79 Å². The van der Waals surface area contributed by atoms with Crippen molar-refractivity contribution in [2.45, 2.75) is 19.5 Å². The van der Waals surface area contributed by atoms with Crippen LogP contribution in [0.2, 0.25) is 0 Å². The molecule has 1 fully saturated rings. The molecule has 122 valence electrons. The van der Waals surface area contributed by atoms with Crippen molar-refractivity contribution < 1.29 is 9.59 Å². The molecule has 6 nitrogen and oxygen atoms in total. The van der Waals surface area contributed by atoms with Crippen LogP contribution in [0.15, 0.2) is 30.3 Å². The van der Waals surface area contributed by atoms with E-state index < -0.39 is 6.03 Å². The second kappa shape index (κ2) is 9.40. The Labute approximate surface area is 137 Å². The topological polar surface area (TPSA) is 73.5 Å². The molecule has 2 rings (SSSR count). The number of rotatable bonds is 4. The molecule has 1 aromatic carbocycles. The van der Waals surface area contributed by atoms with Crippen molar-refractivity contribution in [3.63, 3.8) is 0 Å². The number of hydrogen-bond acceptors (Lipinski definition) is 4. The average Bonchev–Trinajstić information content (AvgIpc) is 2.48. The van der Waals surface area contributed by atoms with Gasteiger partial charge in [-0.2, -0.15) is 0 Å². The van der Waals surface area contributed by atoms with Crippen LogP contribution >= 0.6 is 12.4 Å². The Morgan fingerprint density at radius 1 is 1.32 bits per heavy atom. The highest BCUT2D eigenvalue weighted by Gasteiger charge is 2.20. The molecule has 0 saturated carbocycles.